The van der Waals surface area contributed by atoms with Crippen LogP contribution in [0.4, 0.5) is 23.5 Å². The molecule has 9 nitrogen and oxygen atoms in total. The lowest BCUT2D eigenvalue weighted by atomic mass is 10.1. The number of ether oxygens (including phenoxy) is 1. The van der Waals surface area contributed by atoms with Crippen LogP contribution in [0.5, 0.6) is 5.88 Å². The number of rotatable bonds is 6. The Morgan fingerprint density at radius 3 is 2.79 bits per heavy atom. The van der Waals surface area contributed by atoms with Crippen molar-refractivity contribution in [2.45, 2.75) is 24.9 Å². The maximum absolute atomic E-state index is 14.2. The Bertz CT molecular complexity index is 1320. The highest BCUT2D eigenvalue weighted by atomic mass is 19.3. The van der Waals surface area contributed by atoms with Crippen LogP contribution in [-0.4, -0.2) is 80.1 Å². The smallest absolute Gasteiger partial charge is 0.281 e. The first-order valence-electron chi connectivity index (χ1n) is 10.1. The number of nitrogens with one attached hydrogen (secondary N) is 1. The van der Waals surface area contributed by atoms with Gasteiger partial charge in [0.05, 0.1) is 19.2 Å². The van der Waals surface area contributed by atoms with Crippen LogP contribution in [0.2, 0.25) is 0 Å². The highest BCUT2D eigenvalue weighted by Crippen LogP contribution is 2.34. The predicted octanol–water partition coefficient (Wildman–Crippen LogP) is 2.78. The summed E-state index contributed by atoms with van der Waals surface area (Å²) in [6.07, 6.45) is -0.918. The zero-order valence-corrected chi connectivity index (χ0v) is 17.7. The van der Waals surface area contributed by atoms with Crippen LogP contribution < -0.4 is 10.1 Å². The normalized spacial score (nSPS) is 18.6. The van der Waals surface area contributed by atoms with Gasteiger partial charge in [0.15, 0.2) is 0 Å². The third-order valence-electron chi connectivity index (χ3n) is 5.60. The van der Waals surface area contributed by atoms with E-state index in [-0.39, 0.29) is 24.9 Å². The van der Waals surface area contributed by atoms with Crippen molar-refractivity contribution in [1.29, 1.82) is 0 Å². The first-order valence-corrected chi connectivity index (χ1v) is 10.1. The van der Waals surface area contributed by atoms with Gasteiger partial charge in [-0.05, 0) is 30.8 Å². The van der Waals surface area contributed by atoms with Crippen molar-refractivity contribution >= 4 is 22.5 Å². The zero-order valence-electron chi connectivity index (χ0n) is 17.7. The summed E-state index contributed by atoms with van der Waals surface area (Å²) in [5.74, 6) is -2.73. The molecule has 33 heavy (non-hydrogen) atoms. The van der Waals surface area contributed by atoms with Gasteiger partial charge >= 0.3 is 0 Å². The molecule has 0 unspecified atom stereocenters. The molecule has 1 aliphatic rings. The van der Waals surface area contributed by atoms with Crippen molar-refractivity contribution in [2.75, 3.05) is 32.6 Å². The number of anilines is 1. The Kier molecular flexibility index (Phi) is 5.07. The molecule has 0 spiro atoms. The molecular formula is C20H20F4N8O. The van der Waals surface area contributed by atoms with Gasteiger partial charge in [-0.15, -0.1) is 10.2 Å². The number of hydrogen-bond acceptors (Lipinski definition) is 7. The molecule has 0 radical (unpaired) electrons. The molecule has 0 aliphatic carbocycles. The molecule has 3 aromatic heterocycles. The van der Waals surface area contributed by atoms with Crippen LogP contribution in [0.3, 0.4) is 0 Å². The van der Waals surface area contributed by atoms with Crippen molar-refractivity contribution in [1.82, 2.24) is 34.5 Å². The van der Waals surface area contributed by atoms with Crippen molar-refractivity contribution in [3.8, 4) is 17.0 Å². The topological polar surface area (TPSA) is 85.4 Å². The molecular weight excluding hydrogens is 444 g/mol. The van der Waals surface area contributed by atoms with E-state index in [2.05, 4.69) is 25.7 Å². The molecule has 1 aliphatic heterocycles. The van der Waals surface area contributed by atoms with Gasteiger partial charge in [0.1, 0.15) is 23.6 Å². The molecule has 1 N–H and O–H groups in total. The number of nitrogens with zero attached hydrogens (tertiary/aromatic N) is 7. The van der Waals surface area contributed by atoms with E-state index in [1.807, 2.05) is 0 Å². The Hall–Kier alpha value is -3.48. The molecule has 13 heteroatoms. The molecule has 1 aromatic carbocycles. The first kappa shape index (κ1) is 21.4. The van der Waals surface area contributed by atoms with Crippen LogP contribution in [0.15, 0.2) is 30.5 Å². The fourth-order valence-electron chi connectivity index (χ4n) is 4.11. The maximum atomic E-state index is 14.2. The van der Waals surface area contributed by atoms with E-state index in [0.29, 0.717) is 27.7 Å². The van der Waals surface area contributed by atoms with Crippen molar-refractivity contribution < 1.29 is 22.3 Å². The minimum atomic E-state index is -2.92. The predicted molar refractivity (Wildman–Crippen MR) is 112 cm³/mol. The average molecular weight is 464 g/mol. The Labute approximate surface area is 184 Å². The quantitative estimate of drug-likeness (QED) is 0.439. The summed E-state index contributed by atoms with van der Waals surface area (Å²) in [7, 11) is 3.05. The largest absolute Gasteiger partial charge is 0.479 e. The minimum absolute atomic E-state index is 0.0103. The van der Waals surface area contributed by atoms with Gasteiger partial charge < -0.3 is 10.1 Å². The minimum Gasteiger partial charge on any atom is -0.479 e. The van der Waals surface area contributed by atoms with E-state index in [1.165, 1.54) is 16.5 Å². The maximum Gasteiger partial charge on any atom is 0.281 e. The molecule has 4 heterocycles. The number of likely N-dealkylation sites (tertiary alicyclic amines) is 1. The molecule has 5 rings (SSSR count). The zero-order chi connectivity index (χ0) is 23.3. The summed E-state index contributed by atoms with van der Waals surface area (Å²) in [4.78, 5) is 5.83. The second-order valence-corrected chi connectivity index (χ2v) is 7.99. The highest BCUT2D eigenvalue weighted by molar-refractivity contribution is 5.89. The lowest BCUT2D eigenvalue weighted by Gasteiger charge is -2.19. The summed E-state index contributed by atoms with van der Waals surface area (Å²) in [6, 6.07) is 5.79. The Morgan fingerprint density at radius 2 is 2.09 bits per heavy atom. The number of halogens is 4. The second-order valence-electron chi connectivity index (χ2n) is 7.99. The fraction of sp³-hybridized carbons (Fsp3) is 0.400. The summed E-state index contributed by atoms with van der Waals surface area (Å²) < 4.78 is 62.3. The third kappa shape index (κ3) is 3.81. The second kappa shape index (κ2) is 7.83. The number of hydrogen-bond donors (Lipinski definition) is 1. The van der Waals surface area contributed by atoms with Gasteiger partial charge in [-0.3, -0.25) is 4.90 Å². The number of likely N-dealkylation sites (N-methyl/N-ethyl adjacent to an activating group) is 1. The molecule has 0 bridgehead atoms. The number of aromatic nitrogens is 6. The summed E-state index contributed by atoms with van der Waals surface area (Å²) in [5, 5.41) is 14.8. The van der Waals surface area contributed by atoms with Crippen LogP contribution in [0.1, 0.15) is 0 Å². The van der Waals surface area contributed by atoms with Crippen LogP contribution in [-0.2, 0) is 6.54 Å². The van der Waals surface area contributed by atoms with Crippen molar-refractivity contribution in [3.63, 3.8) is 0 Å². The lowest BCUT2D eigenvalue weighted by Crippen LogP contribution is -2.38. The molecule has 0 saturated carbocycles. The molecule has 1 fully saturated rings. The van der Waals surface area contributed by atoms with Gasteiger partial charge in [-0.2, -0.15) is 4.98 Å². The van der Waals surface area contributed by atoms with E-state index >= 15 is 0 Å². The first-order chi connectivity index (χ1) is 15.7. The Morgan fingerprint density at radius 1 is 1.27 bits per heavy atom. The Balaban J connectivity index is 1.54. The summed E-state index contributed by atoms with van der Waals surface area (Å²) in [5.41, 5.74) is 2.81. The molecule has 1 atom stereocenters. The van der Waals surface area contributed by atoms with Crippen LogP contribution >= 0.6 is 0 Å². The standard InChI is InChI=1S/C20H20F4N8O/c1-30-8-15(20(23,24)10-30)25-19-26-18(33-2)17-12(5-6-31(17)28-19)11-3-4-13-14(7-11)32(29-27-13)9-16(21)22/h3-7,15-16H,8-10H2,1-2H3,(H,25,28)/t15-/m1/s1. The monoisotopic (exact) mass is 464 g/mol. The molecule has 0 amide bonds. The summed E-state index contributed by atoms with van der Waals surface area (Å²) >= 11 is 0. The van der Waals surface area contributed by atoms with Gasteiger partial charge in [0.25, 0.3) is 12.3 Å². The van der Waals surface area contributed by atoms with Gasteiger partial charge in [0.2, 0.25) is 11.8 Å². The third-order valence-corrected chi connectivity index (χ3v) is 5.60. The average Bonchev–Trinajstić information content (AvgIpc) is 3.42. The lowest BCUT2D eigenvalue weighted by molar-refractivity contribution is 0.00582. The molecule has 174 valence electrons. The van der Waals surface area contributed by atoms with E-state index < -0.39 is 24.9 Å². The van der Waals surface area contributed by atoms with Crippen molar-refractivity contribution in [3.05, 3.63) is 30.5 Å². The fourth-order valence-corrected chi connectivity index (χ4v) is 4.11. The SMILES string of the molecule is COc1nc(N[C@@H]2CN(C)CC2(F)F)nn2ccc(-c3ccc4nnn(CC(F)F)c4c3)c12. The molecule has 1 saturated heterocycles. The van der Waals surface area contributed by atoms with E-state index in [1.54, 1.807) is 37.5 Å². The number of alkyl halides is 4. The van der Waals surface area contributed by atoms with E-state index in [9.17, 15) is 17.6 Å². The molecule has 4 aromatic rings. The van der Waals surface area contributed by atoms with Gasteiger partial charge in [-0.1, -0.05) is 11.3 Å². The highest BCUT2D eigenvalue weighted by Gasteiger charge is 2.47. The number of methoxy groups -OCH3 is 1. The summed E-state index contributed by atoms with van der Waals surface area (Å²) in [6.45, 7) is -0.774. The van der Waals surface area contributed by atoms with Crippen LogP contribution in [0, 0.1) is 0 Å². The van der Waals surface area contributed by atoms with Gasteiger partial charge in [-0.25, -0.2) is 26.8 Å². The van der Waals surface area contributed by atoms with Crippen molar-refractivity contribution in [2.24, 2.45) is 0 Å². The number of benzene rings is 1. The van der Waals surface area contributed by atoms with Gasteiger partial charge in [0, 0.05) is 18.3 Å². The van der Waals surface area contributed by atoms with E-state index in [4.69, 9.17) is 4.74 Å². The van der Waals surface area contributed by atoms with Crippen LogP contribution in [0.25, 0.3) is 27.7 Å². The van der Waals surface area contributed by atoms with E-state index in [0.717, 1.165) is 4.68 Å². The number of fused-ring (bicyclic) bond motifs is 2.